The first-order valence-corrected chi connectivity index (χ1v) is 5.78. The highest BCUT2D eigenvalue weighted by Crippen LogP contribution is 2.13. The molecule has 1 atom stereocenters. The van der Waals surface area contributed by atoms with Gasteiger partial charge in [0.1, 0.15) is 18.5 Å². The Kier molecular flexibility index (Phi) is 7.06. The highest BCUT2D eigenvalue weighted by atomic mass is 35.5. The molecule has 0 aliphatic carbocycles. The molecule has 4 N–H and O–H groups in total. The summed E-state index contributed by atoms with van der Waals surface area (Å²) in [5, 5.41) is 12.9. The zero-order valence-electron chi connectivity index (χ0n) is 11.1. The van der Waals surface area contributed by atoms with Gasteiger partial charge in [-0.2, -0.15) is 0 Å². The fourth-order valence-electron chi connectivity index (χ4n) is 1.24. The van der Waals surface area contributed by atoms with Gasteiger partial charge in [0, 0.05) is 17.8 Å². The summed E-state index contributed by atoms with van der Waals surface area (Å²) in [6.45, 7) is 6.95. The first-order valence-electron chi connectivity index (χ1n) is 5.78. The lowest BCUT2D eigenvalue weighted by Crippen LogP contribution is -2.42. The van der Waals surface area contributed by atoms with E-state index in [1.165, 1.54) is 0 Å². The summed E-state index contributed by atoms with van der Waals surface area (Å²) in [7, 11) is 0. The van der Waals surface area contributed by atoms with Crippen LogP contribution in [0.25, 0.3) is 0 Å². The summed E-state index contributed by atoms with van der Waals surface area (Å²) >= 11 is 0. The molecular weight excluding hydrogens is 252 g/mol. The molecule has 0 fully saturated rings. The van der Waals surface area contributed by atoms with Crippen molar-refractivity contribution in [1.82, 2.24) is 5.32 Å². The van der Waals surface area contributed by atoms with Gasteiger partial charge in [-0.3, -0.25) is 0 Å². The molecule has 0 heterocycles. The van der Waals surface area contributed by atoms with Gasteiger partial charge in [0.25, 0.3) is 0 Å². The van der Waals surface area contributed by atoms with Crippen LogP contribution in [0.1, 0.15) is 20.8 Å². The van der Waals surface area contributed by atoms with E-state index >= 15 is 0 Å². The Labute approximate surface area is 115 Å². The van der Waals surface area contributed by atoms with Crippen molar-refractivity contribution in [2.45, 2.75) is 32.4 Å². The summed E-state index contributed by atoms with van der Waals surface area (Å²) in [5.41, 5.74) is 6.27. The molecule has 18 heavy (non-hydrogen) atoms. The second kappa shape index (κ2) is 7.46. The normalized spacial score (nSPS) is 12.7. The summed E-state index contributed by atoms with van der Waals surface area (Å²) in [6, 6.07) is 7.13. The van der Waals surface area contributed by atoms with Crippen molar-refractivity contribution in [3.8, 4) is 5.75 Å². The van der Waals surface area contributed by atoms with E-state index < -0.39 is 6.10 Å². The fraction of sp³-hybridized carbons (Fsp3) is 0.538. The molecule has 0 aromatic heterocycles. The number of nitrogens with two attached hydrogens (primary N) is 1. The third kappa shape index (κ3) is 7.37. The number of ether oxygens (including phenoxy) is 1. The minimum Gasteiger partial charge on any atom is -0.491 e. The topological polar surface area (TPSA) is 67.5 Å². The standard InChI is InChI=1S/C13H22N2O2.ClH/c1-13(2,3)15-8-11(16)9-17-12-6-4-10(14)5-7-12;/h4-7,11,15-16H,8-9,14H2,1-3H3;1H. The van der Waals surface area contributed by atoms with Gasteiger partial charge in [-0.25, -0.2) is 0 Å². The average molecular weight is 275 g/mol. The Hall–Kier alpha value is -0.970. The lowest BCUT2D eigenvalue weighted by molar-refractivity contribution is 0.100. The molecule has 5 heteroatoms. The zero-order valence-corrected chi connectivity index (χ0v) is 12.0. The molecule has 0 aliphatic heterocycles. The molecule has 1 rings (SSSR count). The molecule has 0 bridgehead atoms. The average Bonchev–Trinajstić information content (AvgIpc) is 2.25. The first-order chi connectivity index (χ1) is 7.87. The van der Waals surface area contributed by atoms with Crippen LogP contribution in [0.3, 0.4) is 0 Å². The van der Waals surface area contributed by atoms with Crippen molar-refractivity contribution < 1.29 is 9.84 Å². The lowest BCUT2D eigenvalue weighted by Gasteiger charge is -2.22. The van der Waals surface area contributed by atoms with Crippen LogP contribution in [0.5, 0.6) is 5.75 Å². The minimum atomic E-state index is -0.522. The quantitative estimate of drug-likeness (QED) is 0.717. The number of β-amino-alcohol motifs (C(OH)–C–C–N with tert-alkyl or cyclic N) is 1. The van der Waals surface area contributed by atoms with Crippen LogP contribution < -0.4 is 15.8 Å². The van der Waals surface area contributed by atoms with Gasteiger partial charge < -0.3 is 20.9 Å². The number of nitrogens with one attached hydrogen (secondary N) is 1. The van der Waals surface area contributed by atoms with Crippen molar-refractivity contribution in [3.63, 3.8) is 0 Å². The maximum atomic E-state index is 9.72. The van der Waals surface area contributed by atoms with E-state index in [1.54, 1.807) is 24.3 Å². The van der Waals surface area contributed by atoms with Crippen LogP contribution in [-0.2, 0) is 0 Å². The zero-order chi connectivity index (χ0) is 12.9. The molecule has 0 saturated carbocycles. The molecule has 0 radical (unpaired) electrons. The Balaban J connectivity index is 0.00000289. The maximum Gasteiger partial charge on any atom is 0.119 e. The van der Waals surface area contributed by atoms with Gasteiger partial charge in [-0.1, -0.05) is 0 Å². The number of aliphatic hydroxyl groups is 1. The van der Waals surface area contributed by atoms with E-state index in [2.05, 4.69) is 26.1 Å². The number of anilines is 1. The maximum absolute atomic E-state index is 9.72. The Morgan fingerprint density at radius 2 is 1.83 bits per heavy atom. The first kappa shape index (κ1) is 17.0. The van der Waals surface area contributed by atoms with Crippen LogP contribution in [0.4, 0.5) is 5.69 Å². The van der Waals surface area contributed by atoms with Crippen molar-refractivity contribution in [2.24, 2.45) is 0 Å². The van der Waals surface area contributed by atoms with Gasteiger partial charge in [-0.05, 0) is 45.0 Å². The Bertz CT molecular complexity index is 336. The monoisotopic (exact) mass is 274 g/mol. The minimum absolute atomic E-state index is 0. The summed E-state index contributed by atoms with van der Waals surface area (Å²) in [5.74, 6) is 0.717. The number of benzene rings is 1. The number of hydrogen-bond acceptors (Lipinski definition) is 4. The molecule has 0 amide bonds. The Morgan fingerprint density at radius 1 is 1.28 bits per heavy atom. The summed E-state index contributed by atoms with van der Waals surface area (Å²) in [4.78, 5) is 0. The molecule has 104 valence electrons. The van der Waals surface area contributed by atoms with Crippen LogP contribution >= 0.6 is 12.4 Å². The molecule has 0 aliphatic rings. The lowest BCUT2D eigenvalue weighted by atomic mass is 10.1. The third-order valence-corrected chi connectivity index (χ3v) is 2.19. The number of hydrogen-bond donors (Lipinski definition) is 3. The van der Waals surface area contributed by atoms with E-state index in [-0.39, 0.29) is 24.6 Å². The van der Waals surface area contributed by atoms with Crippen LogP contribution in [0.15, 0.2) is 24.3 Å². The van der Waals surface area contributed by atoms with Crippen molar-refractivity contribution in [2.75, 3.05) is 18.9 Å². The molecule has 4 nitrogen and oxygen atoms in total. The molecular formula is C13H23ClN2O2. The van der Waals surface area contributed by atoms with Gasteiger partial charge in [0.15, 0.2) is 0 Å². The van der Waals surface area contributed by atoms with Crippen molar-refractivity contribution >= 4 is 18.1 Å². The van der Waals surface area contributed by atoms with Crippen LogP contribution in [0.2, 0.25) is 0 Å². The number of rotatable bonds is 5. The van der Waals surface area contributed by atoms with Gasteiger partial charge in [0.05, 0.1) is 0 Å². The molecule has 1 unspecified atom stereocenters. The van der Waals surface area contributed by atoms with Gasteiger partial charge in [0.2, 0.25) is 0 Å². The molecule has 0 saturated heterocycles. The molecule has 1 aromatic carbocycles. The van der Waals surface area contributed by atoms with Gasteiger partial charge in [-0.15, -0.1) is 12.4 Å². The predicted octanol–water partition coefficient (Wildman–Crippen LogP) is 1.82. The molecule has 0 spiro atoms. The smallest absolute Gasteiger partial charge is 0.119 e. The predicted molar refractivity (Wildman–Crippen MR) is 77.4 cm³/mol. The second-order valence-corrected chi connectivity index (χ2v) is 5.16. The van der Waals surface area contributed by atoms with Gasteiger partial charge >= 0.3 is 0 Å². The fourth-order valence-corrected chi connectivity index (χ4v) is 1.24. The molecule has 1 aromatic rings. The van der Waals surface area contributed by atoms with E-state index in [0.717, 1.165) is 0 Å². The third-order valence-electron chi connectivity index (χ3n) is 2.19. The largest absolute Gasteiger partial charge is 0.491 e. The second-order valence-electron chi connectivity index (χ2n) is 5.16. The van der Waals surface area contributed by atoms with E-state index in [1.807, 2.05) is 0 Å². The van der Waals surface area contributed by atoms with Crippen molar-refractivity contribution in [1.29, 1.82) is 0 Å². The number of aliphatic hydroxyl groups excluding tert-OH is 1. The SMILES string of the molecule is CC(C)(C)NCC(O)COc1ccc(N)cc1.Cl. The van der Waals surface area contributed by atoms with E-state index in [4.69, 9.17) is 10.5 Å². The Morgan fingerprint density at radius 3 is 2.33 bits per heavy atom. The summed E-state index contributed by atoms with van der Waals surface area (Å²) < 4.78 is 5.44. The highest BCUT2D eigenvalue weighted by Gasteiger charge is 2.12. The van der Waals surface area contributed by atoms with E-state index in [0.29, 0.717) is 18.0 Å². The summed E-state index contributed by atoms with van der Waals surface area (Å²) in [6.07, 6.45) is -0.522. The van der Waals surface area contributed by atoms with Crippen LogP contribution in [-0.4, -0.2) is 29.9 Å². The number of halogens is 1. The number of nitrogen functional groups attached to an aromatic ring is 1. The van der Waals surface area contributed by atoms with E-state index in [9.17, 15) is 5.11 Å². The van der Waals surface area contributed by atoms with Crippen molar-refractivity contribution in [3.05, 3.63) is 24.3 Å². The van der Waals surface area contributed by atoms with Crippen LogP contribution in [0, 0.1) is 0 Å². The highest BCUT2D eigenvalue weighted by molar-refractivity contribution is 5.85.